The maximum absolute atomic E-state index is 5.95. The van der Waals surface area contributed by atoms with Crippen LogP contribution >= 0.6 is 0 Å². The van der Waals surface area contributed by atoms with E-state index in [4.69, 9.17) is 14.2 Å². The van der Waals surface area contributed by atoms with Crippen molar-refractivity contribution in [1.82, 2.24) is 0 Å². The Kier molecular flexibility index (Phi) is 6.01. The second-order valence-corrected chi connectivity index (χ2v) is 3.80. The Hall–Kier alpha value is -1.06. The van der Waals surface area contributed by atoms with E-state index in [1.807, 2.05) is 24.3 Å². The standard InChI is InChI=1S/C14H21O3/c1-4-14(5-2,16-12-11-15-3)17-13-9-7-6-8-10-13/h7-10H,4-5,11-12H2,1-3H3. The third-order valence-corrected chi connectivity index (χ3v) is 2.72. The van der Waals surface area contributed by atoms with E-state index in [2.05, 4.69) is 19.9 Å². The van der Waals surface area contributed by atoms with E-state index in [1.165, 1.54) is 0 Å². The van der Waals surface area contributed by atoms with Gasteiger partial charge in [-0.05, 0) is 18.2 Å². The van der Waals surface area contributed by atoms with Crippen LogP contribution in [0, 0.1) is 6.07 Å². The van der Waals surface area contributed by atoms with Gasteiger partial charge in [0.2, 0.25) is 5.79 Å². The summed E-state index contributed by atoms with van der Waals surface area (Å²) < 4.78 is 16.8. The zero-order valence-corrected chi connectivity index (χ0v) is 10.9. The smallest absolute Gasteiger partial charge is 0.210 e. The van der Waals surface area contributed by atoms with Gasteiger partial charge in [0, 0.05) is 20.0 Å². The van der Waals surface area contributed by atoms with Crippen molar-refractivity contribution in [2.24, 2.45) is 0 Å². The van der Waals surface area contributed by atoms with Gasteiger partial charge in [-0.1, -0.05) is 26.0 Å². The van der Waals surface area contributed by atoms with Crippen LogP contribution in [0.2, 0.25) is 0 Å². The average molecular weight is 237 g/mol. The molecule has 0 N–H and O–H groups in total. The van der Waals surface area contributed by atoms with Gasteiger partial charge < -0.3 is 14.2 Å². The molecule has 0 atom stereocenters. The Morgan fingerprint density at radius 3 is 2.29 bits per heavy atom. The Bertz CT molecular complexity index is 294. The van der Waals surface area contributed by atoms with Crippen molar-refractivity contribution in [3.63, 3.8) is 0 Å². The second kappa shape index (κ2) is 7.30. The van der Waals surface area contributed by atoms with Crippen molar-refractivity contribution in [2.45, 2.75) is 32.5 Å². The number of ether oxygens (including phenoxy) is 3. The summed E-state index contributed by atoms with van der Waals surface area (Å²) in [5.74, 6) is 0.254. The third-order valence-electron chi connectivity index (χ3n) is 2.72. The van der Waals surface area contributed by atoms with E-state index in [1.54, 1.807) is 7.11 Å². The molecule has 3 nitrogen and oxygen atoms in total. The summed E-state index contributed by atoms with van der Waals surface area (Å²) in [6, 6.07) is 10.4. The molecule has 0 amide bonds. The first-order chi connectivity index (χ1) is 8.26. The Morgan fingerprint density at radius 1 is 1.12 bits per heavy atom. The highest BCUT2D eigenvalue weighted by atomic mass is 16.7. The van der Waals surface area contributed by atoms with E-state index in [0.29, 0.717) is 13.2 Å². The van der Waals surface area contributed by atoms with Crippen molar-refractivity contribution in [2.75, 3.05) is 20.3 Å². The van der Waals surface area contributed by atoms with Crippen molar-refractivity contribution in [3.05, 3.63) is 30.3 Å². The minimum atomic E-state index is -0.556. The van der Waals surface area contributed by atoms with Gasteiger partial charge in [-0.2, -0.15) is 0 Å². The highest BCUT2D eigenvalue weighted by molar-refractivity contribution is 5.21. The molecule has 0 heterocycles. The first-order valence-electron chi connectivity index (χ1n) is 6.04. The van der Waals surface area contributed by atoms with Crippen molar-refractivity contribution in [1.29, 1.82) is 0 Å². The number of hydrogen-bond acceptors (Lipinski definition) is 3. The highest BCUT2D eigenvalue weighted by Crippen LogP contribution is 2.25. The molecule has 1 aromatic carbocycles. The minimum Gasteiger partial charge on any atom is -0.462 e. The first kappa shape index (κ1) is 14.0. The molecule has 0 fully saturated rings. The van der Waals surface area contributed by atoms with E-state index in [0.717, 1.165) is 18.6 Å². The molecule has 1 aromatic rings. The van der Waals surface area contributed by atoms with Crippen molar-refractivity contribution < 1.29 is 14.2 Å². The maximum atomic E-state index is 5.95. The summed E-state index contributed by atoms with van der Waals surface area (Å²) in [5.41, 5.74) is 0. The van der Waals surface area contributed by atoms with Gasteiger partial charge in [0.1, 0.15) is 5.75 Å². The summed E-state index contributed by atoms with van der Waals surface area (Å²) in [5, 5.41) is 0. The largest absolute Gasteiger partial charge is 0.462 e. The predicted octanol–water partition coefficient (Wildman–Crippen LogP) is 3.04. The van der Waals surface area contributed by atoms with Crippen LogP contribution in [-0.2, 0) is 9.47 Å². The predicted molar refractivity (Wildman–Crippen MR) is 67.0 cm³/mol. The van der Waals surface area contributed by atoms with Gasteiger partial charge in [-0.3, -0.25) is 0 Å². The third kappa shape index (κ3) is 4.36. The molecule has 0 aliphatic heterocycles. The van der Waals surface area contributed by atoms with E-state index in [-0.39, 0.29) is 0 Å². The maximum Gasteiger partial charge on any atom is 0.210 e. The topological polar surface area (TPSA) is 27.7 Å². The summed E-state index contributed by atoms with van der Waals surface area (Å²) >= 11 is 0. The molecule has 95 valence electrons. The number of benzene rings is 1. The molecule has 0 aliphatic carbocycles. The van der Waals surface area contributed by atoms with Crippen molar-refractivity contribution >= 4 is 0 Å². The van der Waals surface area contributed by atoms with Gasteiger partial charge >= 0.3 is 0 Å². The highest BCUT2D eigenvalue weighted by Gasteiger charge is 2.29. The van der Waals surface area contributed by atoms with Gasteiger partial charge in [-0.25, -0.2) is 0 Å². The quantitative estimate of drug-likeness (QED) is 0.514. The zero-order valence-electron chi connectivity index (χ0n) is 10.9. The number of hydrogen-bond donors (Lipinski definition) is 0. The van der Waals surface area contributed by atoms with Crippen LogP contribution < -0.4 is 4.74 Å². The van der Waals surface area contributed by atoms with Crippen LogP contribution in [0.25, 0.3) is 0 Å². The molecule has 0 aromatic heterocycles. The molecule has 0 spiro atoms. The molecule has 1 rings (SSSR count). The molecule has 0 saturated heterocycles. The van der Waals surface area contributed by atoms with Crippen molar-refractivity contribution in [3.8, 4) is 5.75 Å². The summed E-state index contributed by atoms with van der Waals surface area (Å²) in [7, 11) is 1.66. The van der Waals surface area contributed by atoms with Gasteiger partial charge in [0.25, 0.3) is 0 Å². The molecule has 1 radical (unpaired) electrons. The lowest BCUT2D eigenvalue weighted by molar-refractivity contribution is -0.192. The fourth-order valence-electron chi connectivity index (χ4n) is 1.59. The van der Waals surface area contributed by atoms with Crippen LogP contribution in [0.1, 0.15) is 26.7 Å². The molecule has 3 heteroatoms. The minimum absolute atomic E-state index is 0.539. The lowest BCUT2D eigenvalue weighted by atomic mass is 10.1. The average Bonchev–Trinajstić information content (AvgIpc) is 2.39. The first-order valence-corrected chi connectivity index (χ1v) is 6.04. The fraction of sp³-hybridized carbons (Fsp3) is 0.571. The fourth-order valence-corrected chi connectivity index (χ4v) is 1.59. The molecule has 0 unspecified atom stereocenters. The van der Waals surface area contributed by atoms with E-state index in [9.17, 15) is 0 Å². The monoisotopic (exact) mass is 237 g/mol. The van der Waals surface area contributed by atoms with Crippen LogP contribution in [0.5, 0.6) is 5.75 Å². The lowest BCUT2D eigenvalue weighted by Crippen LogP contribution is -2.39. The Labute approximate surface area is 104 Å². The van der Waals surface area contributed by atoms with Gasteiger partial charge in [-0.15, -0.1) is 0 Å². The number of methoxy groups -OCH3 is 1. The number of rotatable bonds is 8. The molecular weight excluding hydrogens is 216 g/mol. The Balaban J connectivity index is 2.63. The second-order valence-electron chi connectivity index (χ2n) is 3.80. The Morgan fingerprint density at radius 2 is 1.76 bits per heavy atom. The molecular formula is C14H21O3. The van der Waals surface area contributed by atoms with E-state index < -0.39 is 5.79 Å². The van der Waals surface area contributed by atoms with E-state index >= 15 is 0 Å². The summed E-state index contributed by atoms with van der Waals surface area (Å²) in [6.45, 7) is 5.24. The van der Waals surface area contributed by atoms with Crippen LogP contribution in [-0.4, -0.2) is 26.1 Å². The summed E-state index contributed by atoms with van der Waals surface area (Å²) in [6.07, 6.45) is 1.59. The lowest BCUT2D eigenvalue weighted by Gasteiger charge is -2.32. The van der Waals surface area contributed by atoms with Gasteiger partial charge in [0.15, 0.2) is 0 Å². The van der Waals surface area contributed by atoms with Crippen LogP contribution in [0.4, 0.5) is 0 Å². The van der Waals surface area contributed by atoms with Crippen LogP contribution in [0.15, 0.2) is 24.3 Å². The molecule has 0 saturated carbocycles. The van der Waals surface area contributed by atoms with Crippen LogP contribution in [0.3, 0.4) is 0 Å². The molecule has 0 bridgehead atoms. The zero-order chi connectivity index (χ0) is 12.6. The molecule has 0 aliphatic rings. The molecule has 17 heavy (non-hydrogen) atoms. The SMILES string of the molecule is CCC(CC)(OCCOC)Oc1cc[c]cc1. The normalized spacial score (nSPS) is 11.5. The summed E-state index contributed by atoms with van der Waals surface area (Å²) in [4.78, 5) is 0. The van der Waals surface area contributed by atoms with Gasteiger partial charge in [0.05, 0.1) is 13.2 Å².